The summed E-state index contributed by atoms with van der Waals surface area (Å²) in [5, 5.41) is 15.5. The SMILES string of the molecule is COc1cccc(CCN/C=C(/C#N)C(=O)Nc2cccc(Cl)c2C)c1. The zero-order chi connectivity index (χ0) is 18.9. The van der Waals surface area contributed by atoms with E-state index in [2.05, 4.69) is 10.6 Å². The number of rotatable bonds is 7. The van der Waals surface area contributed by atoms with Gasteiger partial charge in [0.25, 0.3) is 5.91 Å². The molecule has 0 unspecified atom stereocenters. The fourth-order valence-electron chi connectivity index (χ4n) is 2.30. The number of carbonyl (C=O) groups excluding carboxylic acids is 1. The monoisotopic (exact) mass is 369 g/mol. The van der Waals surface area contributed by atoms with E-state index in [0.717, 1.165) is 23.3 Å². The van der Waals surface area contributed by atoms with Gasteiger partial charge >= 0.3 is 0 Å². The molecule has 6 heteroatoms. The van der Waals surface area contributed by atoms with Crippen LogP contribution >= 0.6 is 11.6 Å². The first-order valence-electron chi connectivity index (χ1n) is 8.08. The van der Waals surface area contributed by atoms with Gasteiger partial charge in [-0.15, -0.1) is 0 Å². The molecule has 0 aromatic heterocycles. The first kappa shape index (κ1) is 19.4. The standard InChI is InChI=1S/C20H20ClN3O2/c1-14-18(21)7-4-8-19(14)24-20(25)16(12-22)13-23-10-9-15-5-3-6-17(11-15)26-2/h3-8,11,13,23H,9-10H2,1-2H3,(H,24,25)/b16-13-. The van der Waals surface area contributed by atoms with Crippen LogP contribution in [-0.2, 0) is 11.2 Å². The number of nitrogens with zero attached hydrogens (tertiary/aromatic N) is 1. The minimum Gasteiger partial charge on any atom is -0.497 e. The Hall–Kier alpha value is -2.97. The summed E-state index contributed by atoms with van der Waals surface area (Å²) in [7, 11) is 1.62. The minimum atomic E-state index is -0.480. The van der Waals surface area contributed by atoms with Gasteiger partial charge < -0.3 is 15.4 Å². The van der Waals surface area contributed by atoms with Gasteiger partial charge in [-0.2, -0.15) is 5.26 Å². The fourth-order valence-corrected chi connectivity index (χ4v) is 2.47. The Bertz CT molecular complexity index is 856. The third kappa shape index (κ3) is 5.27. The average Bonchev–Trinajstić information content (AvgIpc) is 2.65. The van der Waals surface area contributed by atoms with Crippen LogP contribution in [0.3, 0.4) is 0 Å². The second kappa shape index (κ2) is 9.50. The van der Waals surface area contributed by atoms with Gasteiger partial charge in [-0.25, -0.2) is 0 Å². The van der Waals surface area contributed by atoms with Crippen molar-refractivity contribution in [2.24, 2.45) is 0 Å². The highest BCUT2D eigenvalue weighted by atomic mass is 35.5. The van der Waals surface area contributed by atoms with Crippen molar-refractivity contribution in [3.8, 4) is 11.8 Å². The van der Waals surface area contributed by atoms with E-state index in [9.17, 15) is 10.1 Å². The first-order valence-corrected chi connectivity index (χ1v) is 8.46. The maximum Gasteiger partial charge on any atom is 0.267 e. The van der Waals surface area contributed by atoms with Gasteiger partial charge in [-0.3, -0.25) is 4.79 Å². The molecule has 0 radical (unpaired) electrons. The van der Waals surface area contributed by atoms with Crippen molar-refractivity contribution in [2.75, 3.05) is 19.0 Å². The van der Waals surface area contributed by atoms with Crippen LogP contribution in [-0.4, -0.2) is 19.6 Å². The summed E-state index contributed by atoms with van der Waals surface area (Å²) in [5.41, 5.74) is 2.43. The average molecular weight is 370 g/mol. The molecule has 0 atom stereocenters. The zero-order valence-corrected chi connectivity index (χ0v) is 15.4. The number of halogens is 1. The van der Waals surface area contributed by atoms with E-state index < -0.39 is 5.91 Å². The lowest BCUT2D eigenvalue weighted by Crippen LogP contribution is -2.18. The number of hydrogen-bond donors (Lipinski definition) is 2. The molecule has 2 N–H and O–H groups in total. The topological polar surface area (TPSA) is 74.1 Å². The molecular formula is C20H20ClN3O2. The van der Waals surface area contributed by atoms with E-state index in [-0.39, 0.29) is 5.57 Å². The van der Waals surface area contributed by atoms with Crippen molar-refractivity contribution in [1.29, 1.82) is 5.26 Å². The van der Waals surface area contributed by atoms with Gasteiger partial charge in [0, 0.05) is 23.5 Å². The molecule has 0 saturated carbocycles. The summed E-state index contributed by atoms with van der Waals surface area (Å²) in [5.74, 6) is 0.318. The van der Waals surface area contributed by atoms with Gasteiger partial charge in [-0.05, 0) is 48.7 Å². The number of amides is 1. The zero-order valence-electron chi connectivity index (χ0n) is 14.7. The Balaban J connectivity index is 1.93. The Kier molecular flexibility index (Phi) is 7.07. The van der Waals surface area contributed by atoms with Crippen LogP contribution in [0.4, 0.5) is 5.69 Å². The van der Waals surface area contributed by atoms with Crippen LogP contribution < -0.4 is 15.4 Å². The van der Waals surface area contributed by atoms with Crippen LogP contribution in [0.25, 0.3) is 0 Å². The van der Waals surface area contributed by atoms with Crippen LogP contribution in [0.5, 0.6) is 5.75 Å². The Morgan fingerprint density at radius 2 is 2.08 bits per heavy atom. The molecule has 1 amide bonds. The van der Waals surface area contributed by atoms with Crippen molar-refractivity contribution in [3.05, 3.63) is 70.4 Å². The number of methoxy groups -OCH3 is 1. The Morgan fingerprint density at radius 3 is 2.81 bits per heavy atom. The molecule has 5 nitrogen and oxygen atoms in total. The number of nitrogens with one attached hydrogen (secondary N) is 2. The maximum absolute atomic E-state index is 12.3. The lowest BCUT2D eigenvalue weighted by Gasteiger charge is -2.09. The van der Waals surface area contributed by atoms with Gasteiger partial charge in [0.1, 0.15) is 17.4 Å². The molecule has 0 aliphatic carbocycles. The van der Waals surface area contributed by atoms with Crippen molar-refractivity contribution >= 4 is 23.2 Å². The number of ether oxygens (including phenoxy) is 1. The smallest absolute Gasteiger partial charge is 0.267 e. The number of carbonyl (C=O) groups is 1. The molecule has 0 saturated heterocycles. The molecule has 0 fully saturated rings. The summed E-state index contributed by atoms with van der Waals surface area (Å²) in [6, 6.07) is 14.9. The van der Waals surface area contributed by atoms with E-state index >= 15 is 0 Å². The third-order valence-electron chi connectivity index (χ3n) is 3.82. The van der Waals surface area contributed by atoms with E-state index in [1.165, 1.54) is 6.20 Å². The lowest BCUT2D eigenvalue weighted by molar-refractivity contribution is -0.112. The maximum atomic E-state index is 12.3. The van der Waals surface area contributed by atoms with E-state index in [0.29, 0.717) is 17.3 Å². The van der Waals surface area contributed by atoms with Gasteiger partial charge in [0.15, 0.2) is 0 Å². The van der Waals surface area contributed by atoms with Crippen LogP contribution in [0.1, 0.15) is 11.1 Å². The predicted molar refractivity (Wildman–Crippen MR) is 103 cm³/mol. The Morgan fingerprint density at radius 1 is 1.31 bits per heavy atom. The molecule has 2 aromatic carbocycles. The number of benzene rings is 2. The molecular weight excluding hydrogens is 350 g/mol. The summed E-state index contributed by atoms with van der Waals surface area (Å²) in [6.45, 7) is 2.39. The molecule has 26 heavy (non-hydrogen) atoms. The molecule has 0 spiro atoms. The highest BCUT2D eigenvalue weighted by Crippen LogP contribution is 2.23. The summed E-state index contributed by atoms with van der Waals surface area (Å²) in [4.78, 5) is 12.3. The van der Waals surface area contributed by atoms with Crippen molar-refractivity contribution in [1.82, 2.24) is 5.32 Å². The molecule has 134 valence electrons. The summed E-state index contributed by atoms with van der Waals surface area (Å²) in [6.07, 6.45) is 2.16. The molecule has 2 rings (SSSR count). The first-order chi connectivity index (χ1) is 12.5. The second-order valence-electron chi connectivity index (χ2n) is 5.59. The molecule has 0 heterocycles. The summed E-state index contributed by atoms with van der Waals surface area (Å²) < 4.78 is 5.19. The van der Waals surface area contributed by atoms with E-state index in [1.807, 2.05) is 30.3 Å². The second-order valence-corrected chi connectivity index (χ2v) is 6.00. The van der Waals surface area contributed by atoms with Crippen LogP contribution in [0, 0.1) is 18.3 Å². The highest BCUT2D eigenvalue weighted by Gasteiger charge is 2.11. The molecule has 0 aliphatic rings. The van der Waals surface area contributed by atoms with Crippen LogP contribution in [0.2, 0.25) is 5.02 Å². The van der Waals surface area contributed by atoms with E-state index in [1.54, 1.807) is 32.2 Å². The number of anilines is 1. The van der Waals surface area contributed by atoms with Crippen molar-refractivity contribution < 1.29 is 9.53 Å². The number of hydrogen-bond acceptors (Lipinski definition) is 4. The highest BCUT2D eigenvalue weighted by molar-refractivity contribution is 6.31. The van der Waals surface area contributed by atoms with Gasteiger partial charge in [0.05, 0.1) is 7.11 Å². The normalized spacial score (nSPS) is 10.8. The van der Waals surface area contributed by atoms with Gasteiger partial charge in [-0.1, -0.05) is 29.8 Å². The van der Waals surface area contributed by atoms with Crippen molar-refractivity contribution in [3.63, 3.8) is 0 Å². The lowest BCUT2D eigenvalue weighted by atomic mass is 10.1. The van der Waals surface area contributed by atoms with E-state index in [4.69, 9.17) is 16.3 Å². The van der Waals surface area contributed by atoms with Gasteiger partial charge in [0.2, 0.25) is 0 Å². The quantitative estimate of drug-likeness (QED) is 0.442. The number of nitriles is 1. The third-order valence-corrected chi connectivity index (χ3v) is 4.23. The summed E-state index contributed by atoms with van der Waals surface area (Å²) >= 11 is 6.04. The Labute approximate surface area is 158 Å². The van der Waals surface area contributed by atoms with Crippen molar-refractivity contribution in [2.45, 2.75) is 13.3 Å². The molecule has 0 aliphatic heterocycles. The molecule has 2 aromatic rings. The predicted octanol–water partition coefficient (Wildman–Crippen LogP) is 3.84. The largest absolute Gasteiger partial charge is 0.497 e. The molecule has 0 bridgehead atoms. The minimum absolute atomic E-state index is 0.00461. The van der Waals surface area contributed by atoms with Crippen LogP contribution in [0.15, 0.2) is 54.2 Å². The fraction of sp³-hybridized carbons (Fsp3) is 0.200.